The van der Waals surface area contributed by atoms with E-state index in [9.17, 15) is 14.4 Å². The molecule has 10 heteroatoms. The molecule has 1 heterocycles. The summed E-state index contributed by atoms with van der Waals surface area (Å²) in [6.07, 6.45) is 8.26. The van der Waals surface area contributed by atoms with Crippen LogP contribution in [-0.2, 0) is 24.5 Å². The molecule has 3 aliphatic carbocycles. The third-order valence-corrected chi connectivity index (χ3v) is 10.2. The number of fused-ring (bicyclic) bond motifs is 1. The molecule has 4 N–H and O–H groups in total. The fourth-order valence-corrected chi connectivity index (χ4v) is 6.93. The second-order valence-corrected chi connectivity index (χ2v) is 13.1. The number of aromatic nitrogens is 2. The van der Waals surface area contributed by atoms with Gasteiger partial charge in [-0.1, -0.05) is 38.7 Å². The van der Waals surface area contributed by atoms with Crippen molar-refractivity contribution < 1.29 is 23.9 Å². The zero-order valence-corrected chi connectivity index (χ0v) is 25.7. The summed E-state index contributed by atoms with van der Waals surface area (Å²) in [5, 5.41) is 9.06. The van der Waals surface area contributed by atoms with Crippen LogP contribution in [0.2, 0.25) is 0 Å². The van der Waals surface area contributed by atoms with Gasteiger partial charge in [-0.2, -0.15) is 0 Å². The second kappa shape index (κ2) is 12.2. The van der Waals surface area contributed by atoms with Gasteiger partial charge >= 0.3 is 6.09 Å². The number of rotatable bonds is 13. The minimum Gasteiger partial charge on any atom is -0.453 e. The van der Waals surface area contributed by atoms with Crippen molar-refractivity contribution in [3.05, 3.63) is 29.6 Å². The molecule has 0 aliphatic heterocycles. The Kier molecular flexibility index (Phi) is 8.83. The molecule has 0 radical (unpaired) electrons. The predicted molar refractivity (Wildman–Crippen MR) is 160 cm³/mol. The quantitative estimate of drug-likeness (QED) is 0.275. The smallest absolute Gasteiger partial charge is 0.407 e. The summed E-state index contributed by atoms with van der Waals surface area (Å²) in [5.74, 6) is 1.24. The molecule has 5 rings (SSSR count). The van der Waals surface area contributed by atoms with Crippen LogP contribution in [0.5, 0.6) is 0 Å². The van der Waals surface area contributed by atoms with Crippen LogP contribution in [0, 0.1) is 23.2 Å². The summed E-state index contributed by atoms with van der Waals surface area (Å²) >= 11 is 0. The Labute approximate surface area is 248 Å². The van der Waals surface area contributed by atoms with Gasteiger partial charge in [0, 0.05) is 13.7 Å². The van der Waals surface area contributed by atoms with Gasteiger partial charge in [0.05, 0.1) is 36.2 Å². The first-order valence-corrected chi connectivity index (χ1v) is 15.6. The number of hydrogen-bond acceptors (Lipinski definition) is 6. The Hall–Kier alpha value is -3.14. The van der Waals surface area contributed by atoms with E-state index in [-0.39, 0.29) is 41.7 Å². The summed E-state index contributed by atoms with van der Waals surface area (Å²) in [6.45, 7) is 6.69. The molecular formula is C32H47N5O5. The molecule has 3 aliphatic rings. The van der Waals surface area contributed by atoms with Gasteiger partial charge in [0.1, 0.15) is 11.9 Å². The number of nitrogens with one attached hydrogen (secondary N) is 4. The van der Waals surface area contributed by atoms with E-state index >= 15 is 0 Å². The molecule has 4 atom stereocenters. The number of imidazole rings is 1. The molecule has 1 aromatic heterocycles. The molecule has 230 valence electrons. The molecule has 2 aromatic rings. The van der Waals surface area contributed by atoms with Gasteiger partial charge < -0.3 is 30.4 Å². The van der Waals surface area contributed by atoms with Crippen molar-refractivity contribution in [3.8, 4) is 0 Å². The maximum atomic E-state index is 13.9. The first-order chi connectivity index (χ1) is 20.1. The van der Waals surface area contributed by atoms with Gasteiger partial charge in [-0.25, -0.2) is 9.78 Å². The Morgan fingerprint density at radius 3 is 2.33 bits per heavy atom. The first kappa shape index (κ1) is 30.3. The molecule has 3 amide bonds. The van der Waals surface area contributed by atoms with Gasteiger partial charge in [0.25, 0.3) is 0 Å². The van der Waals surface area contributed by atoms with Gasteiger partial charge in [-0.3, -0.25) is 9.59 Å². The summed E-state index contributed by atoms with van der Waals surface area (Å²) < 4.78 is 10.6. The summed E-state index contributed by atoms with van der Waals surface area (Å²) in [4.78, 5) is 47.7. The molecule has 0 spiro atoms. The zero-order valence-electron chi connectivity index (χ0n) is 25.7. The van der Waals surface area contributed by atoms with E-state index < -0.39 is 17.6 Å². The molecular weight excluding hydrogens is 534 g/mol. The maximum Gasteiger partial charge on any atom is 0.407 e. The third-order valence-electron chi connectivity index (χ3n) is 10.2. The van der Waals surface area contributed by atoms with Crippen LogP contribution in [0.15, 0.2) is 18.2 Å². The highest BCUT2D eigenvalue weighted by Crippen LogP contribution is 2.60. The van der Waals surface area contributed by atoms with Crippen molar-refractivity contribution in [3.63, 3.8) is 0 Å². The van der Waals surface area contributed by atoms with Crippen molar-refractivity contribution in [1.29, 1.82) is 0 Å². The van der Waals surface area contributed by atoms with E-state index in [4.69, 9.17) is 14.5 Å². The summed E-state index contributed by atoms with van der Waals surface area (Å²) in [7, 11) is 2.96. The number of H-pyrrole nitrogens is 1. The Balaban J connectivity index is 1.46. The lowest BCUT2D eigenvalue weighted by Crippen LogP contribution is -2.57. The number of hydrogen-bond donors (Lipinski definition) is 4. The van der Waals surface area contributed by atoms with E-state index in [1.54, 1.807) is 7.11 Å². The van der Waals surface area contributed by atoms with Gasteiger partial charge in [-0.05, 0) is 80.4 Å². The highest BCUT2D eigenvalue weighted by atomic mass is 16.5. The van der Waals surface area contributed by atoms with E-state index in [1.807, 2.05) is 32.0 Å². The van der Waals surface area contributed by atoms with E-state index in [0.29, 0.717) is 23.8 Å². The van der Waals surface area contributed by atoms with Crippen LogP contribution >= 0.6 is 0 Å². The monoisotopic (exact) mass is 581 g/mol. The Morgan fingerprint density at radius 2 is 1.79 bits per heavy atom. The maximum absolute atomic E-state index is 13.9. The normalized spacial score (nSPS) is 21.6. The van der Waals surface area contributed by atoms with Gasteiger partial charge in [-0.15, -0.1) is 0 Å². The SMILES string of the molecule is CCNC(=O)[C@H](NC(=O)C(C)(COC)c1ccc2[nH]c(C(NC(=O)OC)C(C3CCC3)C3(C)CC3)nc2c1)C1CCC1. The van der Waals surface area contributed by atoms with Crippen LogP contribution in [-0.4, -0.2) is 61.3 Å². The minimum absolute atomic E-state index is 0.139. The van der Waals surface area contributed by atoms with Crippen LogP contribution in [0.4, 0.5) is 4.79 Å². The minimum atomic E-state index is -1.05. The number of benzene rings is 1. The number of amides is 3. The molecule has 3 unspecified atom stereocenters. The van der Waals surface area contributed by atoms with Crippen LogP contribution in [0.3, 0.4) is 0 Å². The van der Waals surface area contributed by atoms with Gasteiger partial charge in [0.15, 0.2) is 0 Å². The average Bonchev–Trinajstić information content (AvgIpc) is 3.51. The number of ether oxygens (including phenoxy) is 2. The van der Waals surface area contributed by atoms with Crippen LogP contribution in [0.1, 0.15) is 89.6 Å². The number of nitrogens with zero attached hydrogens (tertiary/aromatic N) is 1. The number of aromatic amines is 1. The van der Waals surface area contributed by atoms with Crippen LogP contribution < -0.4 is 16.0 Å². The molecule has 42 heavy (non-hydrogen) atoms. The molecule has 1 aromatic carbocycles. The Bertz CT molecular complexity index is 1300. The zero-order chi connectivity index (χ0) is 30.1. The van der Waals surface area contributed by atoms with Crippen molar-refractivity contribution >= 4 is 28.9 Å². The molecule has 0 saturated heterocycles. The van der Waals surface area contributed by atoms with Crippen molar-refractivity contribution in [2.75, 3.05) is 27.4 Å². The van der Waals surface area contributed by atoms with Crippen LogP contribution in [0.25, 0.3) is 11.0 Å². The molecule has 10 nitrogen and oxygen atoms in total. The lowest BCUT2D eigenvalue weighted by Gasteiger charge is -2.42. The second-order valence-electron chi connectivity index (χ2n) is 13.1. The summed E-state index contributed by atoms with van der Waals surface area (Å²) in [6, 6.07) is 4.90. The van der Waals surface area contributed by atoms with Crippen molar-refractivity contribution in [2.24, 2.45) is 23.2 Å². The molecule has 0 bridgehead atoms. The van der Waals surface area contributed by atoms with Crippen molar-refractivity contribution in [2.45, 2.75) is 89.6 Å². The lowest BCUT2D eigenvalue weighted by molar-refractivity contribution is -0.135. The number of alkyl carbamates (subject to hydrolysis) is 1. The van der Waals surface area contributed by atoms with E-state index in [0.717, 1.165) is 56.0 Å². The fourth-order valence-electron chi connectivity index (χ4n) is 6.93. The lowest BCUT2D eigenvalue weighted by atomic mass is 9.66. The molecule has 3 saturated carbocycles. The number of carbonyl (C=O) groups excluding carboxylic acids is 3. The molecule has 3 fully saturated rings. The fraction of sp³-hybridized carbons (Fsp3) is 0.688. The van der Waals surface area contributed by atoms with E-state index in [1.165, 1.54) is 13.5 Å². The highest BCUT2D eigenvalue weighted by Gasteiger charge is 2.53. The standard InChI is InChI=1S/C32H47N5O5/c1-6-33-28(38)25(20-11-8-12-20)36-29(39)32(3,18-41-4)21-13-14-22-23(17-21)35-27(34-22)26(37-30(40)42-5)24(19-9-7-10-19)31(2)15-16-31/h13-14,17,19-20,24-26H,6-12,15-16,18H2,1-5H3,(H,33,38)(H,34,35)(H,36,39)(H,37,40)/t24?,25-,26?,32?/m1/s1. The Morgan fingerprint density at radius 1 is 1.10 bits per heavy atom. The third kappa shape index (κ3) is 5.87. The number of methoxy groups -OCH3 is 2. The average molecular weight is 582 g/mol. The van der Waals surface area contributed by atoms with E-state index in [2.05, 4.69) is 27.9 Å². The number of likely N-dealkylation sites (N-methyl/N-ethyl adjacent to an activating group) is 1. The number of carbonyl (C=O) groups is 3. The highest BCUT2D eigenvalue weighted by molar-refractivity contribution is 5.94. The van der Waals surface area contributed by atoms with Gasteiger partial charge in [0.2, 0.25) is 11.8 Å². The largest absolute Gasteiger partial charge is 0.453 e. The topological polar surface area (TPSA) is 134 Å². The predicted octanol–water partition coefficient (Wildman–Crippen LogP) is 4.50. The van der Waals surface area contributed by atoms with Crippen molar-refractivity contribution in [1.82, 2.24) is 25.9 Å². The first-order valence-electron chi connectivity index (χ1n) is 15.6. The summed E-state index contributed by atoms with van der Waals surface area (Å²) in [5.41, 5.74) is 1.40.